The molecule has 1 aromatic rings. The SMILES string of the molecule is CC(C)COC1CC(NC(C)c2ccc(F)cc2)C1(C)C. The molecule has 1 aliphatic carbocycles. The minimum absolute atomic E-state index is 0.142. The first-order valence-electron chi connectivity index (χ1n) is 7.93. The van der Waals surface area contributed by atoms with Crippen molar-refractivity contribution in [1.29, 1.82) is 0 Å². The highest BCUT2D eigenvalue weighted by molar-refractivity contribution is 5.20. The van der Waals surface area contributed by atoms with E-state index in [2.05, 4.69) is 39.9 Å². The fourth-order valence-electron chi connectivity index (χ4n) is 2.91. The van der Waals surface area contributed by atoms with Gasteiger partial charge in [0.15, 0.2) is 0 Å². The molecule has 1 fully saturated rings. The molecular weight excluding hydrogens is 265 g/mol. The minimum Gasteiger partial charge on any atom is -0.377 e. The molecule has 0 saturated heterocycles. The third kappa shape index (κ3) is 3.83. The summed E-state index contributed by atoms with van der Waals surface area (Å²) in [6.07, 6.45) is 1.38. The summed E-state index contributed by atoms with van der Waals surface area (Å²) in [5, 5.41) is 3.66. The number of hydrogen-bond donors (Lipinski definition) is 1. The van der Waals surface area contributed by atoms with Crippen LogP contribution in [0.25, 0.3) is 0 Å². The van der Waals surface area contributed by atoms with Crippen molar-refractivity contribution in [2.24, 2.45) is 11.3 Å². The van der Waals surface area contributed by atoms with Crippen LogP contribution in [0.5, 0.6) is 0 Å². The second kappa shape index (κ2) is 6.45. The van der Waals surface area contributed by atoms with E-state index in [9.17, 15) is 4.39 Å². The Labute approximate surface area is 128 Å². The number of benzene rings is 1. The Morgan fingerprint density at radius 2 is 1.86 bits per heavy atom. The molecule has 1 N–H and O–H groups in total. The molecule has 0 amide bonds. The number of ether oxygens (including phenoxy) is 1. The third-order valence-corrected chi connectivity index (χ3v) is 4.63. The molecule has 3 unspecified atom stereocenters. The van der Waals surface area contributed by atoms with Gasteiger partial charge in [0, 0.05) is 24.1 Å². The van der Waals surface area contributed by atoms with E-state index in [1.165, 1.54) is 12.1 Å². The van der Waals surface area contributed by atoms with Crippen molar-refractivity contribution >= 4 is 0 Å². The van der Waals surface area contributed by atoms with Crippen LogP contribution in [0.15, 0.2) is 24.3 Å². The Hall–Kier alpha value is -0.930. The average Bonchev–Trinajstić information content (AvgIpc) is 2.42. The molecule has 1 aliphatic rings. The highest BCUT2D eigenvalue weighted by Gasteiger charge is 2.49. The van der Waals surface area contributed by atoms with Gasteiger partial charge in [-0.05, 0) is 37.0 Å². The topological polar surface area (TPSA) is 21.3 Å². The van der Waals surface area contributed by atoms with Crippen molar-refractivity contribution in [3.63, 3.8) is 0 Å². The highest BCUT2D eigenvalue weighted by Crippen LogP contribution is 2.43. The van der Waals surface area contributed by atoms with Crippen molar-refractivity contribution in [2.75, 3.05) is 6.61 Å². The smallest absolute Gasteiger partial charge is 0.123 e. The molecule has 0 bridgehead atoms. The number of rotatable bonds is 6. The molecule has 3 atom stereocenters. The van der Waals surface area contributed by atoms with Crippen LogP contribution >= 0.6 is 0 Å². The normalized spacial score (nSPS) is 25.7. The molecule has 2 rings (SSSR count). The fraction of sp³-hybridized carbons (Fsp3) is 0.667. The summed E-state index contributed by atoms with van der Waals surface area (Å²) in [7, 11) is 0. The van der Waals surface area contributed by atoms with Gasteiger partial charge in [-0.25, -0.2) is 4.39 Å². The van der Waals surface area contributed by atoms with E-state index >= 15 is 0 Å². The lowest BCUT2D eigenvalue weighted by atomic mass is 9.64. The van der Waals surface area contributed by atoms with Gasteiger partial charge < -0.3 is 10.1 Å². The molecule has 1 saturated carbocycles. The maximum Gasteiger partial charge on any atom is 0.123 e. The van der Waals surface area contributed by atoms with Crippen LogP contribution in [0.1, 0.15) is 52.6 Å². The summed E-state index contributed by atoms with van der Waals surface area (Å²) in [6, 6.07) is 7.41. The summed E-state index contributed by atoms with van der Waals surface area (Å²) >= 11 is 0. The first-order chi connectivity index (χ1) is 9.80. The van der Waals surface area contributed by atoms with E-state index in [4.69, 9.17) is 4.74 Å². The predicted octanol–water partition coefficient (Wildman–Crippen LogP) is 4.32. The monoisotopic (exact) mass is 293 g/mol. The van der Waals surface area contributed by atoms with Gasteiger partial charge in [-0.1, -0.05) is 39.8 Å². The Morgan fingerprint density at radius 3 is 2.38 bits per heavy atom. The Kier molecular flexibility index (Phi) is 5.05. The second-order valence-corrected chi connectivity index (χ2v) is 7.27. The van der Waals surface area contributed by atoms with Crippen LogP contribution in [0.2, 0.25) is 0 Å². The van der Waals surface area contributed by atoms with E-state index in [0.29, 0.717) is 18.1 Å². The van der Waals surface area contributed by atoms with Gasteiger partial charge in [0.1, 0.15) is 5.82 Å². The quantitative estimate of drug-likeness (QED) is 0.843. The third-order valence-electron chi connectivity index (χ3n) is 4.63. The molecule has 2 nitrogen and oxygen atoms in total. The largest absolute Gasteiger partial charge is 0.377 e. The molecule has 0 radical (unpaired) electrons. The Bertz CT molecular complexity index is 455. The molecule has 0 aromatic heterocycles. The zero-order chi connectivity index (χ0) is 15.6. The van der Waals surface area contributed by atoms with Crippen LogP contribution in [-0.4, -0.2) is 18.8 Å². The molecule has 0 heterocycles. The van der Waals surface area contributed by atoms with E-state index in [0.717, 1.165) is 18.6 Å². The zero-order valence-electron chi connectivity index (χ0n) is 13.8. The molecule has 0 aliphatic heterocycles. The number of hydrogen-bond acceptors (Lipinski definition) is 2. The van der Waals surface area contributed by atoms with Gasteiger partial charge in [0.2, 0.25) is 0 Å². The van der Waals surface area contributed by atoms with E-state index in [1.807, 2.05) is 12.1 Å². The molecule has 0 spiro atoms. The van der Waals surface area contributed by atoms with Crippen LogP contribution in [0.3, 0.4) is 0 Å². The summed E-state index contributed by atoms with van der Waals surface area (Å²) in [5.41, 5.74) is 1.27. The summed E-state index contributed by atoms with van der Waals surface area (Å²) in [6.45, 7) is 11.8. The van der Waals surface area contributed by atoms with Gasteiger partial charge in [-0.2, -0.15) is 0 Å². The van der Waals surface area contributed by atoms with Gasteiger partial charge in [-0.15, -0.1) is 0 Å². The van der Waals surface area contributed by atoms with Crippen LogP contribution in [0, 0.1) is 17.2 Å². The minimum atomic E-state index is -0.183. The van der Waals surface area contributed by atoms with E-state index in [1.54, 1.807) is 0 Å². The van der Waals surface area contributed by atoms with Gasteiger partial charge in [0.25, 0.3) is 0 Å². The molecule has 118 valence electrons. The first kappa shape index (κ1) is 16.4. The lowest BCUT2D eigenvalue weighted by Gasteiger charge is -2.53. The maximum atomic E-state index is 13.0. The van der Waals surface area contributed by atoms with Gasteiger partial charge in [-0.3, -0.25) is 0 Å². The highest BCUT2D eigenvalue weighted by atomic mass is 19.1. The van der Waals surface area contributed by atoms with E-state index in [-0.39, 0.29) is 17.3 Å². The van der Waals surface area contributed by atoms with Crippen LogP contribution < -0.4 is 5.32 Å². The lowest BCUT2D eigenvalue weighted by Crippen LogP contribution is -2.61. The fourth-order valence-corrected chi connectivity index (χ4v) is 2.91. The zero-order valence-corrected chi connectivity index (χ0v) is 13.8. The summed E-state index contributed by atoms with van der Waals surface area (Å²) < 4.78 is 19.0. The predicted molar refractivity (Wildman–Crippen MR) is 84.7 cm³/mol. The summed E-state index contributed by atoms with van der Waals surface area (Å²) in [5.74, 6) is 0.392. The van der Waals surface area contributed by atoms with Crippen molar-refractivity contribution in [1.82, 2.24) is 5.32 Å². The molecular formula is C18H28FNO. The first-order valence-corrected chi connectivity index (χ1v) is 7.93. The number of halogens is 1. The summed E-state index contributed by atoms with van der Waals surface area (Å²) in [4.78, 5) is 0. The van der Waals surface area contributed by atoms with Crippen LogP contribution in [0.4, 0.5) is 4.39 Å². The van der Waals surface area contributed by atoms with Crippen molar-refractivity contribution in [3.05, 3.63) is 35.6 Å². The van der Waals surface area contributed by atoms with Gasteiger partial charge >= 0.3 is 0 Å². The Balaban J connectivity index is 1.88. The Morgan fingerprint density at radius 1 is 1.24 bits per heavy atom. The number of nitrogens with one attached hydrogen (secondary N) is 1. The average molecular weight is 293 g/mol. The van der Waals surface area contributed by atoms with E-state index < -0.39 is 0 Å². The van der Waals surface area contributed by atoms with Crippen molar-refractivity contribution in [2.45, 2.75) is 59.2 Å². The molecule has 3 heteroatoms. The van der Waals surface area contributed by atoms with Gasteiger partial charge in [0.05, 0.1) is 6.10 Å². The lowest BCUT2D eigenvalue weighted by molar-refractivity contribution is -0.125. The van der Waals surface area contributed by atoms with Crippen molar-refractivity contribution < 1.29 is 9.13 Å². The van der Waals surface area contributed by atoms with Crippen LogP contribution in [-0.2, 0) is 4.74 Å². The molecule has 21 heavy (non-hydrogen) atoms. The molecule has 1 aromatic carbocycles. The standard InChI is InChI=1S/C18H28FNO/c1-12(2)11-21-17-10-16(18(17,4)5)20-13(3)14-6-8-15(19)9-7-14/h6-9,12-13,16-17,20H,10-11H2,1-5H3. The van der Waals surface area contributed by atoms with Crippen molar-refractivity contribution in [3.8, 4) is 0 Å². The maximum absolute atomic E-state index is 13.0. The second-order valence-electron chi connectivity index (χ2n) is 7.27.